The van der Waals surface area contributed by atoms with E-state index in [-0.39, 0.29) is 6.04 Å². The molecule has 0 spiro atoms. The van der Waals surface area contributed by atoms with Crippen molar-refractivity contribution in [2.75, 3.05) is 7.11 Å². The molecule has 3 nitrogen and oxygen atoms in total. The van der Waals surface area contributed by atoms with Crippen LogP contribution in [0.15, 0.2) is 34.7 Å². The molecule has 3 heteroatoms. The average molecular weight is 273 g/mol. The number of fused-ring (bicyclic) bond motifs is 1. The normalized spacial score (nSPS) is 24.9. The fraction of sp³-hybridized carbons (Fsp3) is 0.529. The number of furan rings is 1. The van der Waals surface area contributed by atoms with Crippen LogP contribution in [0, 0.1) is 0 Å². The molecule has 20 heavy (non-hydrogen) atoms. The summed E-state index contributed by atoms with van der Waals surface area (Å²) in [6, 6.07) is 11.2. The van der Waals surface area contributed by atoms with Gasteiger partial charge in [-0.2, -0.15) is 0 Å². The second kappa shape index (κ2) is 5.98. The fourth-order valence-corrected chi connectivity index (χ4v) is 3.12. The van der Waals surface area contributed by atoms with Gasteiger partial charge in [0, 0.05) is 18.5 Å². The third-order valence-corrected chi connectivity index (χ3v) is 4.36. The number of rotatable bonds is 4. The summed E-state index contributed by atoms with van der Waals surface area (Å²) < 4.78 is 11.3. The van der Waals surface area contributed by atoms with Crippen LogP contribution >= 0.6 is 0 Å². The Morgan fingerprint density at radius 3 is 2.65 bits per heavy atom. The molecule has 0 bridgehead atoms. The summed E-state index contributed by atoms with van der Waals surface area (Å²) in [5, 5.41) is 4.87. The Balaban J connectivity index is 1.63. The number of benzene rings is 1. The van der Waals surface area contributed by atoms with Crippen LogP contribution in [0.4, 0.5) is 0 Å². The third kappa shape index (κ3) is 2.89. The van der Waals surface area contributed by atoms with Gasteiger partial charge in [0.15, 0.2) is 0 Å². The van der Waals surface area contributed by atoms with Crippen molar-refractivity contribution in [1.29, 1.82) is 0 Å². The predicted octanol–water partition coefficient (Wildman–Crippen LogP) is 4.04. The highest BCUT2D eigenvalue weighted by molar-refractivity contribution is 5.77. The van der Waals surface area contributed by atoms with Gasteiger partial charge >= 0.3 is 0 Å². The first-order valence-corrected chi connectivity index (χ1v) is 7.53. The topological polar surface area (TPSA) is 34.4 Å². The molecule has 1 heterocycles. The zero-order chi connectivity index (χ0) is 13.9. The Labute approximate surface area is 120 Å². The second-order valence-electron chi connectivity index (χ2n) is 5.78. The van der Waals surface area contributed by atoms with Gasteiger partial charge in [-0.1, -0.05) is 18.2 Å². The Morgan fingerprint density at radius 1 is 1.20 bits per heavy atom. The van der Waals surface area contributed by atoms with Crippen molar-refractivity contribution in [3.05, 3.63) is 36.1 Å². The summed E-state index contributed by atoms with van der Waals surface area (Å²) in [5.41, 5.74) is 0.972. The van der Waals surface area contributed by atoms with Gasteiger partial charge in [0.2, 0.25) is 0 Å². The average Bonchev–Trinajstić information content (AvgIpc) is 2.92. The Bertz CT molecular complexity index is 522. The van der Waals surface area contributed by atoms with Crippen molar-refractivity contribution in [2.45, 2.75) is 50.8 Å². The molecule has 1 unspecified atom stereocenters. The molecule has 1 aliphatic rings. The summed E-state index contributed by atoms with van der Waals surface area (Å²) >= 11 is 0. The standard InChI is InChI=1S/C17H23NO2/c1-12(18-14-7-9-15(19-2)10-8-14)17-11-13-5-3-4-6-16(13)20-17/h3-6,11-12,14-15,18H,7-10H2,1-2H3. The van der Waals surface area contributed by atoms with E-state index in [4.69, 9.17) is 9.15 Å². The molecule has 0 radical (unpaired) electrons. The number of hydrogen-bond acceptors (Lipinski definition) is 3. The molecule has 1 aromatic heterocycles. The Hall–Kier alpha value is -1.32. The lowest BCUT2D eigenvalue weighted by Gasteiger charge is -2.30. The molecular weight excluding hydrogens is 250 g/mol. The molecule has 1 fully saturated rings. The lowest BCUT2D eigenvalue weighted by molar-refractivity contribution is 0.0611. The van der Waals surface area contributed by atoms with Crippen molar-refractivity contribution >= 4 is 11.0 Å². The first-order chi connectivity index (χ1) is 9.76. The van der Waals surface area contributed by atoms with E-state index in [0.29, 0.717) is 12.1 Å². The number of nitrogens with one attached hydrogen (secondary N) is 1. The Kier molecular flexibility index (Phi) is 4.08. The van der Waals surface area contributed by atoms with Crippen LogP contribution in [0.3, 0.4) is 0 Å². The minimum absolute atomic E-state index is 0.256. The molecule has 0 aliphatic heterocycles. The summed E-state index contributed by atoms with van der Waals surface area (Å²) in [7, 11) is 1.81. The summed E-state index contributed by atoms with van der Waals surface area (Å²) in [6.07, 6.45) is 5.13. The first-order valence-electron chi connectivity index (χ1n) is 7.53. The van der Waals surface area contributed by atoms with Crippen LogP contribution in [0.2, 0.25) is 0 Å². The SMILES string of the molecule is COC1CCC(NC(C)c2cc3ccccc3o2)CC1. The molecular formula is C17H23NO2. The first kappa shape index (κ1) is 13.7. The fourth-order valence-electron chi connectivity index (χ4n) is 3.12. The van der Waals surface area contributed by atoms with Crippen molar-refractivity contribution in [1.82, 2.24) is 5.32 Å². The van der Waals surface area contributed by atoms with Crippen molar-refractivity contribution in [3.8, 4) is 0 Å². The smallest absolute Gasteiger partial charge is 0.134 e. The maximum atomic E-state index is 5.93. The summed E-state index contributed by atoms with van der Waals surface area (Å²) in [4.78, 5) is 0. The van der Waals surface area contributed by atoms with Gasteiger partial charge in [-0.05, 0) is 44.7 Å². The van der Waals surface area contributed by atoms with Gasteiger partial charge in [-0.3, -0.25) is 0 Å². The maximum Gasteiger partial charge on any atom is 0.134 e. The van der Waals surface area contributed by atoms with Crippen molar-refractivity contribution in [2.24, 2.45) is 0 Å². The van der Waals surface area contributed by atoms with Gasteiger partial charge in [0.05, 0.1) is 12.1 Å². The van der Waals surface area contributed by atoms with E-state index in [1.807, 2.05) is 25.3 Å². The minimum Gasteiger partial charge on any atom is -0.459 e. The largest absolute Gasteiger partial charge is 0.459 e. The highest BCUT2D eigenvalue weighted by atomic mass is 16.5. The van der Waals surface area contributed by atoms with Gasteiger partial charge in [-0.25, -0.2) is 0 Å². The molecule has 1 atom stereocenters. The molecule has 1 saturated carbocycles. The van der Waals surface area contributed by atoms with E-state index >= 15 is 0 Å². The zero-order valence-corrected chi connectivity index (χ0v) is 12.3. The van der Waals surface area contributed by atoms with E-state index < -0.39 is 0 Å². The van der Waals surface area contributed by atoms with Crippen LogP contribution in [0.5, 0.6) is 0 Å². The molecule has 0 amide bonds. The van der Waals surface area contributed by atoms with Gasteiger partial charge in [-0.15, -0.1) is 0 Å². The Morgan fingerprint density at radius 2 is 1.95 bits per heavy atom. The highest BCUT2D eigenvalue weighted by Gasteiger charge is 2.23. The van der Waals surface area contributed by atoms with Crippen LogP contribution in [-0.2, 0) is 4.74 Å². The molecule has 2 aromatic rings. The minimum atomic E-state index is 0.256. The van der Waals surface area contributed by atoms with E-state index in [2.05, 4.69) is 24.4 Å². The van der Waals surface area contributed by atoms with Crippen LogP contribution in [0.1, 0.15) is 44.4 Å². The van der Waals surface area contributed by atoms with E-state index in [1.165, 1.54) is 18.2 Å². The van der Waals surface area contributed by atoms with Gasteiger partial charge in [0.25, 0.3) is 0 Å². The summed E-state index contributed by atoms with van der Waals surface area (Å²) in [5.74, 6) is 1.03. The molecule has 1 aromatic carbocycles. The van der Waals surface area contributed by atoms with E-state index in [1.54, 1.807) is 0 Å². The van der Waals surface area contributed by atoms with Crippen molar-refractivity contribution in [3.63, 3.8) is 0 Å². The number of methoxy groups -OCH3 is 1. The van der Waals surface area contributed by atoms with Crippen LogP contribution < -0.4 is 5.32 Å². The zero-order valence-electron chi connectivity index (χ0n) is 12.3. The quantitative estimate of drug-likeness (QED) is 0.913. The van der Waals surface area contributed by atoms with Crippen molar-refractivity contribution < 1.29 is 9.15 Å². The molecule has 108 valence electrons. The lowest BCUT2D eigenvalue weighted by atomic mass is 9.92. The maximum absolute atomic E-state index is 5.93. The van der Waals surface area contributed by atoms with Gasteiger partial charge in [0.1, 0.15) is 11.3 Å². The predicted molar refractivity (Wildman–Crippen MR) is 80.8 cm³/mol. The molecule has 3 rings (SSSR count). The van der Waals surface area contributed by atoms with E-state index in [9.17, 15) is 0 Å². The third-order valence-electron chi connectivity index (χ3n) is 4.36. The van der Waals surface area contributed by atoms with Crippen LogP contribution in [0.25, 0.3) is 11.0 Å². The van der Waals surface area contributed by atoms with Crippen LogP contribution in [-0.4, -0.2) is 19.3 Å². The molecule has 0 saturated heterocycles. The lowest BCUT2D eigenvalue weighted by Crippen LogP contribution is -2.36. The highest BCUT2D eigenvalue weighted by Crippen LogP contribution is 2.26. The number of hydrogen-bond donors (Lipinski definition) is 1. The number of ether oxygens (including phenoxy) is 1. The summed E-state index contributed by atoms with van der Waals surface area (Å²) in [6.45, 7) is 2.18. The van der Waals surface area contributed by atoms with Gasteiger partial charge < -0.3 is 14.5 Å². The second-order valence-corrected chi connectivity index (χ2v) is 5.78. The molecule has 1 aliphatic carbocycles. The van der Waals surface area contributed by atoms with E-state index in [0.717, 1.165) is 24.2 Å². The molecule has 1 N–H and O–H groups in total. The number of para-hydroxylation sites is 1. The monoisotopic (exact) mass is 273 g/mol.